The maximum atomic E-state index is 10.7. The Bertz CT molecular complexity index is 342. The van der Waals surface area contributed by atoms with Crippen molar-refractivity contribution >= 4 is 6.29 Å². The molecule has 0 spiro atoms. The number of aldehydes is 1. The van der Waals surface area contributed by atoms with E-state index in [1.165, 1.54) is 0 Å². The molecule has 0 bridgehead atoms. The van der Waals surface area contributed by atoms with Crippen LogP contribution in [0.5, 0.6) is 0 Å². The van der Waals surface area contributed by atoms with Crippen molar-refractivity contribution in [3.63, 3.8) is 0 Å². The van der Waals surface area contributed by atoms with Crippen molar-refractivity contribution in [2.24, 2.45) is 11.8 Å². The third-order valence-electron chi connectivity index (χ3n) is 3.27. The molecule has 0 aliphatic heterocycles. The monoisotopic (exact) mass is 220 g/mol. The Hall–Kier alpha value is -1.15. The van der Waals surface area contributed by atoms with Crippen LogP contribution in [0.25, 0.3) is 0 Å². The smallest absolute Gasteiger partial charge is 0.150 e. The van der Waals surface area contributed by atoms with Gasteiger partial charge in [-0.15, -0.1) is 0 Å². The lowest BCUT2D eigenvalue weighted by atomic mass is 9.75. The Morgan fingerprint density at radius 2 is 1.50 bits per heavy atom. The van der Waals surface area contributed by atoms with Gasteiger partial charge >= 0.3 is 0 Å². The Kier molecular flexibility index (Phi) is 3.87. The molecule has 2 heteroatoms. The van der Waals surface area contributed by atoms with Gasteiger partial charge in [0.05, 0.1) is 5.60 Å². The van der Waals surface area contributed by atoms with Gasteiger partial charge in [0.2, 0.25) is 0 Å². The van der Waals surface area contributed by atoms with Crippen molar-refractivity contribution in [2.45, 2.75) is 33.3 Å². The molecule has 88 valence electrons. The molecule has 0 saturated heterocycles. The Morgan fingerprint density at radius 1 is 1.06 bits per heavy atom. The van der Waals surface area contributed by atoms with Crippen LogP contribution in [-0.4, -0.2) is 11.4 Å². The molecular formula is C14H20O2. The van der Waals surface area contributed by atoms with Crippen LogP contribution in [0.2, 0.25) is 0 Å². The maximum absolute atomic E-state index is 10.7. The number of carbonyl (C=O) groups excluding carboxylic acids is 1. The van der Waals surface area contributed by atoms with Gasteiger partial charge in [-0.05, 0) is 17.4 Å². The minimum absolute atomic E-state index is 0.134. The highest BCUT2D eigenvalue weighted by atomic mass is 16.3. The first kappa shape index (κ1) is 12.9. The molecule has 0 unspecified atom stereocenters. The van der Waals surface area contributed by atoms with Gasteiger partial charge in [-0.1, -0.05) is 52.0 Å². The summed E-state index contributed by atoms with van der Waals surface area (Å²) >= 11 is 0. The van der Waals surface area contributed by atoms with E-state index in [1.54, 1.807) is 12.1 Å². The van der Waals surface area contributed by atoms with Crippen LogP contribution in [0, 0.1) is 11.8 Å². The molecule has 0 radical (unpaired) electrons. The van der Waals surface area contributed by atoms with Crippen molar-refractivity contribution in [3.8, 4) is 0 Å². The van der Waals surface area contributed by atoms with Crippen LogP contribution in [0.4, 0.5) is 0 Å². The first-order chi connectivity index (χ1) is 7.42. The van der Waals surface area contributed by atoms with Gasteiger partial charge in [-0.3, -0.25) is 4.79 Å². The standard InChI is InChI=1S/C14H20O2/c1-10(2)14(16,11(3)4)13-7-5-12(9-15)6-8-13/h5-11,16H,1-4H3. The first-order valence-electron chi connectivity index (χ1n) is 5.71. The SMILES string of the molecule is CC(C)C(O)(c1ccc(C=O)cc1)C(C)C. The predicted molar refractivity (Wildman–Crippen MR) is 65.4 cm³/mol. The van der Waals surface area contributed by atoms with Gasteiger partial charge < -0.3 is 5.11 Å². The quantitative estimate of drug-likeness (QED) is 0.792. The molecule has 0 aromatic heterocycles. The van der Waals surface area contributed by atoms with Gasteiger partial charge in [0.15, 0.2) is 0 Å². The lowest BCUT2D eigenvalue weighted by Crippen LogP contribution is -2.37. The van der Waals surface area contributed by atoms with E-state index < -0.39 is 5.60 Å². The van der Waals surface area contributed by atoms with Crippen LogP contribution >= 0.6 is 0 Å². The second-order valence-electron chi connectivity index (χ2n) is 4.87. The highest BCUT2D eigenvalue weighted by Crippen LogP contribution is 2.36. The van der Waals surface area contributed by atoms with E-state index in [4.69, 9.17) is 0 Å². The summed E-state index contributed by atoms with van der Waals surface area (Å²) < 4.78 is 0. The Labute approximate surface area is 97.3 Å². The third kappa shape index (κ3) is 2.17. The summed E-state index contributed by atoms with van der Waals surface area (Å²) in [5, 5.41) is 10.7. The van der Waals surface area contributed by atoms with Gasteiger partial charge in [0, 0.05) is 5.56 Å². The second kappa shape index (κ2) is 4.79. The highest BCUT2D eigenvalue weighted by Gasteiger charge is 2.36. The molecule has 0 amide bonds. The number of aliphatic hydroxyl groups is 1. The minimum atomic E-state index is -0.832. The first-order valence-corrected chi connectivity index (χ1v) is 5.71. The maximum Gasteiger partial charge on any atom is 0.150 e. The normalized spacial score (nSPS) is 12.2. The number of hydrogen-bond donors (Lipinski definition) is 1. The van der Waals surface area contributed by atoms with Crippen LogP contribution in [0.3, 0.4) is 0 Å². The van der Waals surface area contributed by atoms with Crippen LogP contribution < -0.4 is 0 Å². The summed E-state index contributed by atoms with van der Waals surface area (Å²) in [4.78, 5) is 10.6. The average Bonchev–Trinajstić information content (AvgIpc) is 2.27. The Morgan fingerprint density at radius 3 is 1.81 bits per heavy atom. The zero-order valence-electron chi connectivity index (χ0n) is 10.4. The van der Waals surface area contributed by atoms with Crippen molar-refractivity contribution < 1.29 is 9.90 Å². The van der Waals surface area contributed by atoms with E-state index in [9.17, 15) is 9.90 Å². The van der Waals surface area contributed by atoms with Crippen LogP contribution in [-0.2, 0) is 5.60 Å². The molecular weight excluding hydrogens is 200 g/mol. The van der Waals surface area contributed by atoms with Crippen molar-refractivity contribution in [3.05, 3.63) is 35.4 Å². The molecule has 16 heavy (non-hydrogen) atoms. The minimum Gasteiger partial charge on any atom is -0.385 e. The average molecular weight is 220 g/mol. The molecule has 0 atom stereocenters. The third-order valence-corrected chi connectivity index (χ3v) is 3.27. The van der Waals surface area contributed by atoms with E-state index >= 15 is 0 Å². The topological polar surface area (TPSA) is 37.3 Å². The molecule has 0 aliphatic rings. The summed E-state index contributed by atoms with van der Waals surface area (Å²) in [6, 6.07) is 7.17. The molecule has 0 aliphatic carbocycles. The number of carbonyl (C=O) groups is 1. The van der Waals surface area contributed by atoms with Gasteiger partial charge in [0.1, 0.15) is 6.29 Å². The largest absolute Gasteiger partial charge is 0.385 e. The predicted octanol–water partition coefficient (Wildman–Crippen LogP) is 3.00. The number of rotatable bonds is 4. The molecule has 1 N–H and O–H groups in total. The summed E-state index contributed by atoms with van der Waals surface area (Å²) in [5.41, 5.74) is 0.684. The van der Waals surface area contributed by atoms with E-state index in [-0.39, 0.29) is 11.8 Å². The number of hydrogen-bond acceptors (Lipinski definition) is 2. The fourth-order valence-corrected chi connectivity index (χ4v) is 2.16. The second-order valence-corrected chi connectivity index (χ2v) is 4.87. The van der Waals surface area contributed by atoms with Crippen LogP contribution in [0.15, 0.2) is 24.3 Å². The van der Waals surface area contributed by atoms with Crippen molar-refractivity contribution in [1.82, 2.24) is 0 Å². The molecule has 1 rings (SSSR count). The van der Waals surface area contributed by atoms with E-state index in [0.29, 0.717) is 5.56 Å². The zero-order valence-corrected chi connectivity index (χ0v) is 10.4. The van der Waals surface area contributed by atoms with Gasteiger partial charge in [0.25, 0.3) is 0 Å². The summed E-state index contributed by atoms with van der Waals surface area (Å²) in [6.07, 6.45) is 0.813. The molecule has 1 aromatic carbocycles. The molecule has 0 heterocycles. The van der Waals surface area contributed by atoms with Crippen molar-refractivity contribution in [1.29, 1.82) is 0 Å². The lowest BCUT2D eigenvalue weighted by Gasteiger charge is -2.36. The highest BCUT2D eigenvalue weighted by molar-refractivity contribution is 5.74. The molecule has 1 aromatic rings. The van der Waals surface area contributed by atoms with E-state index in [0.717, 1.165) is 11.8 Å². The van der Waals surface area contributed by atoms with Gasteiger partial charge in [-0.25, -0.2) is 0 Å². The van der Waals surface area contributed by atoms with Crippen LogP contribution in [0.1, 0.15) is 43.6 Å². The summed E-state index contributed by atoms with van der Waals surface area (Å²) in [5.74, 6) is 0.268. The summed E-state index contributed by atoms with van der Waals surface area (Å²) in [6.45, 7) is 8.03. The van der Waals surface area contributed by atoms with Gasteiger partial charge in [-0.2, -0.15) is 0 Å². The van der Waals surface area contributed by atoms with E-state index in [2.05, 4.69) is 0 Å². The fourth-order valence-electron chi connectivity index (χ4n) is 2.16. The lowest BCUT2D eigenvalue weighted by molar-refractivity contribution is -0.0531. The molecule has 0 fully saturated rings. The van der Waals surface area contributed by atoms with Crippen molar-refractivity contribution in [2.75, 3.05) is 0 Å². The molecule has 2 nitrogen and oxygen atoms in total. The zero-order chi connectivity index (χ0) is 12.3. The molecule has 0 saturated carbocycles. The Balaban J connectivity index is 3.16. The fraction of sp³-hybridized carbons (Fsp3) is 0.500. The summed E-state index contributed by atoms with van der Waals surface area (Å²) in [7, 11) is 0. The number of benzene rings is 1. The van der Waals surface area contributed by atoms with E-state index in [1.807, 2.05) is 39.8 Å².